The van der Waals surface area contributed by atoms with E-state index in [4.69, 9.17) is 0 Å². The van der Waals surface area contributed by atoms with Crippen LogP contribution in [0, 0.1) is 34.5 Å². The summed E-state index contributed by atoms with van der Waals surface area (Å²) in [5.41, 5.74) is -1.11. The number of hydrogen-bond donors (Lipinski definition) is 1. The highest BCUT2D eigenvalue weighted by Gasteiger charge is 2.56. The molecule has 3 saturated carbocycles. The van der Waals surface area contributed by atoms with Crippen LogP contribution in [0.3, 0.4) is 0 Å². The third-order valence-corrected chi connectivity index (χ3v) is 6.35. The van der Waals surface area contributed by atoms with Crippen molar-refractivity contribution in [1.82, 2.24) is 0 Å². The summed E-state index contributed by atoms with van der Waals surface area (Å²) in [6.07, 6.45) is 11.1. The van der Waals surface area contributed by atoms with E-state index in [1.54, 1.807) is 0 Å². The van der Waals surface area contributed by atoms with Gasteiger partial charge in [0.15, 0.2) is 0 Å². The van der Waals surface area contributed by atoms with Crippen molar-refractivity contribution in [3.63, 3.8) is 0 Å². The second-order valence-corrected chi connectivity index (χ2v) is 7.44. The largest absolute Gasteiger partial charge is 0.388 e. The van der Waals surface area contributed by atoms with Crippen molar-refractivity contribution in [3.8, 4) is 6.07 Å². The molecule has 0 heterocycles. The molecule has 0 bridgehead atoms. The van der Waals surface area contributed by atoms with Gasteiger partial charge in [0.25, 0.3) is 0 Å². The third-order valence-electron chi connectivity index (χ3n) is 6.35. The van der Waals surface area contributed by atoms with Crippen LogP contribution >= 0.6 is 0 Å². The van der Waals surface area contributed by atoms with Crippen LogP contribution in [-0.4, -0.2) is 10.7 Å². The van der Waals surface area contributed by atoms with Crippen molar-refractivity contribution >= 4 is 0 Å². The zero-order valence-corrected chi connectivity index (χ0v) is 12.2. The zero-order valence-electron chi connectivity index (χ0n) is 12.2. The number of rotatable bonds is 3. The first-order chi connectivity index (χ1) is 9.12. The van der Waals surface area contributed by atoms with E-state index >= 15 is 0 Å². The highest BCUT2D eigenvalue weighted by Crippen LogP contribution is 2.57. The predicted molar refractivity (Wildman–Crippen MR) is 75.3 cm³/mol. The molecule has 106 valence electrons. The fourth-order valence-corrected chi connectivity index (χ4v) is 4.82. The minimum Gasteiger partial charge on any atom is -0.388 e. The van der Waals surface area contributed by atoms with Gasteiger partial charge >= 0.3 is 0 Å². The molecule has 0 aliphatic heterocycles. The van der Waals surface area contributed by atoms with Gasteiger partial charge in [-0.05, 0) is 69.1 Å². The summed E-state index contributed by atoms with van der Waals surface area (Å²) in [4.78, 5) is 0. The summed E-state index contributed by atoms with van der Waals surface area (Å²) in [5.74, 6) is 2.22. The topological polar surface area (TPSA) is 44.0 Å². The Morgan fingerprint density at radius 1 is 1.11 bits per heavy atom. The molecule has 0 aromatic rings. The maximum absolute atomic E-state index is 11.3. The third kappa shape index (κ3) is 2.21. The first-order valence-corrected chi connectivity index (χ1v) is 8.26. The highest BCUT2D eigenvalue weighted by atomic mass is 16.3. The number of hydrogen-bond acceptors (Lipinski definition) is 2. The van der Waals surface area contributed by atoms with Crippen LogP contribution in [0.1, 0.15) is 71.1 Å². The Balaban J connectivity index is 1.79. The summed E-state index contributed by atoms with van der Waals surface area (Å²) >= 11 is 0. The van der Waals surface area contributed by atoms with Gasteiger partial charge in [0.05, 0.1) is 17.1 Å². The van der Waals surface area contributed by atoms with Gasteiger partial charge in [-0.3, -0.25) is 0 Å². The van der Waals surface area contributed by atoms with Gasteiger partial charge in [-0.25, -0.2) is 0 Å². The molecule has 0 spiro atoms. The maximum Gasteiger partial charge on any atom is 0.0863 e. The monoisotopic (exact) mass is 261 g/mol. The Kier molecular flexibility index (Phi) is 3.38. The van der Waals surface area contributed by atoms with Crippen molar-refractivity contribution in [1.29, 1.82) is 5.26 Å². The first kappa shape index (κ1) is 13.4. The van der Waals surface area contributed by atoms with E-state index in [0.717, 1.165) is 50.9 Å². The molecule has 2 nitrogen and oxygen atoms in total. The molecule has 3 aliphatic carbocycles. The fraction of sp³-hybridized carbons (Fsp3) is 0.941. The van der Waals surface area contributed by atoms with E-state index in [0.29, 0.717) is 11.8 Å². The molecule has 4 unspecified atom stereocenters. The molecule has 0 radical (unpaired) electrons. The Bertz CT molecular complexity index is 383. The van der Waals surface area contributed by atoms with Crippen molar-refractivity contribution in [2.45, 2.75) is 76.7 Å². The molecule has 0 aromatic carbocycles. The van der Waals surface area contributed by atoms with E-state index in [-0.39, 0.29) is 0 Å². The molecule has 0 saturated heterocycles. The quantitative estimate of drug-likeness (QED) is 0.833. The minimum absolute atomic E-state index is 0.429. The van der Waals surface area contributed by atoms with Crippen LogP contribution in [0.25, 0.3) is 0 Å². The van der Waals surface area contributed by atoms with Crippen LogP contribution in [0.5, 0.6) is 0 Å². The fourth-order valence-electron chi connectivity index (χ4n) is 4.82. The van der Waals surface area contributed by atoms with Gasteiger partial charge in [0.2, 0.25) is 0 Å². The highest BCUT2D eigenvalue weighted by molar-refractivity contribution is 5.16. The molecule has 2 heteroatoms. The summed E-state index contributed by atoms with van der Waals surface area (Å²) in [5, 5.41) is 21.0. The molecule has 4 atom stereocenters. The Hall–Kier alpha value is -0.550. The second kappa shape index (κ2) is 4.77. The lowest BCUT2D eigenvalue weighted by molar-refractivity contribution is -0.0981. The lowest BCUT2D eigenvalue weighted by Gasteiger charge is -2.46. The minimum atomic E-state index is -0.683. The SMILES string of the molecule is CCC1CCC(C#N)(C2(O)CCCC(C3CC3)C2)C1. The maximum atomic E-state index is 11.3. The van der Waals surface area contributed by atoms with Crippen molar-refractivity contribution in [2.75, 3.05) is 0 Å². The van der Waals surface area contributed by atoms with Crippen molar-refractivity contribution in [3.05, 3.63) is 0 Å². The van der Waals surface area contributed by atoms with Crippen LogP contribution in [0.4, 0.5) is 0 Å². The normalized spacial score (nSPS) is 47.0. The van der Waals surface area contributed by atoms with Gasteiger partial charge in [0.1, 0.15) is 0 Å². The van der Waals surface area contributed by atoms with Gasteiger partial charge in [-0.2, -0.15) is 5.26 Å². The summed E-state index contributed by atoms with van der Waals surface area (Å²) < 4.78 is 0. The van der Waals surface area contributed by atoms with E-state index in [2.05, 4.69) is 13.0 Å². The number of nitriles is 1. The van der Waals surface area contributed by atoms with Gasteiger partial charge in [0, 0.05) is 0 Å². The summed E-state index contributed by atoms with van der Waals surface area (Å²) in [7, 11) is 0. The van der Waals surface area contributed by atoms with Gasteiger partial charge in [-0.1, -0.05) is 19.8 Å². The molecule has 0 amide bonds. The smallest absolute Gasteiger partial charge is 0.0863 e. The molecular formula is C17H27NO. The van der Waals surface area contributed by atoms with Crippen LogP contribution in [0.15, 0.2) is 0 Å². The molecule has 3 aliphatic rings. The van der Waals surface area contributed by atoms with Crippen LogP contribution in [-0.2, 0) is 0 Å². The summed E-state index contributed by atoms with van der Waals surface area (Å²) in [6.45, 7) is 2.22. The first-order valence-electron chi connectivity index (χ1n) is 8.26. The molecule has 3 fully saturated rings. The van der Waals surface area contributed by atoms with Gasteiger partial charge < -0.3 is 5.11 Å². The second-order valence-electron chi connectivity index (χ2n) is 7.44. The van der Waals surface area contributed by atoms with Crippen LogP contribution in [0.2, 0.25) is 0 Å². The lowest BCUT2D eigenvalue weighted by atomic mass is 9.61. The molecule has 3 rings (SSSR count). The standard InChI is InChI=1S/C17H27NO/c1-2-13-7-9-16(10-13,12-18)17(19)8-3-4-15(11-17)14-5-6-14/h13-15,19H,2-11H2,1H3. The number of aliphatic hydroxyl groups is 1. The van der Waals surface area contributed by atoms with E-state index in [9.17, 15) is 10.4 Å². The average Bonchev–Trinajstić information content (AvgIpc) is 3.18. The molecule has 1 N–H and O–H groups in total. The molecule has 19 heavy (non-hydrogen) atoms. The van der Waals surface area contributed by atoms with Crippen molar-refractivity contribution < 1.29 is 5.11 Å². The van der Waals surface area contributed by atoms with Crippen LogP contribution < -0.4 is 0 Å². The zero-order chi connectivity index (χ0) is 13.5. The number of nitrogens with zero attached hydrogens (tertiary/aromatic N) is 1. The summed E-state index contributed by atoms with van der Waals surface area (Å²) in [6, 6.07) is 2.58. The predicted octanol–water partition coefficient (Wildman–Crippen LogP) is 4.04. The van der Waals surface area contributed by atoms with Gasteiger partial charge in [-0.15, -0.1) is 0 Å². The van der Waals surface area contributed by atoms with E-state index in [1.165, 1.54) is 19.3 Å². The molecule has 0 aromatic heterocycles. The lowest BCUT2D eigenvalue weighted by Crippen LogP contribution is -2.49. The Labute approximate surface area is 117 Å². The Morgan fingerprint density at radius 2 is 1.89 bits per heavy atom. The average molecular weight is 261 g/mol. The van der Waals surface area contributed by atoms with E-state index in [1.807, 2.05) is 0 Å². The van der Waals surface area contributed by atoms with E-state index < -0.39 is 11.0 Å². The van der Waals surface area contributed by atoms with Crippen molar-refractivity contribution in [2.24, 2.45) is 23.2 Å². The Morgan fingerprint density at radius 3 is 2.47 bits per heavy atom. The molecular weight excluding hydrogens is 234 g/mol.